The monoisotopic (exact) mass is 184 g/mol. The molecule has 0 aromatic carbocycles. The number of amides is 2. The first-order chi connectivity index (χ1) is 6.00. The molecular weight excluding hydrogens is 168 g/mol. The second kappa shape index (κ2) is 3.77. The van der Waals surface area contributed by atoms with Crippen molar-refractivity contribution in [2.75, 3.05) is 13.1 Å². The Bertz CT molecular complexity index is 226. The normalized spacial score (nSPS) is 23.2. The van der Waals surface area contributed by atoms with Crippen molar-refractivity contribution in [3.05, 3.63) is 0 Å². The summed E-state index contributed by atoms with van der Waals surface area (Å²) in [4.78, 5) is 24.3. The van der Waals surface area contributed by atoms with Gasteiger partial charge in [-0.25, -0.2) is 0 Å². The summed E-state index contributed by atoms with van der Waals surface area (Å²) in [6.45, 7) is 6.43. The smallest absolute Gasteiger partial charge is 0.239 e. The van der Waals surface area contributed by atoms with Gasteiger partial charge in [0, 0.05) is 18.5 Å². The molecule has 2 amide bonds. The maximum Gasteiger partial charge on any atom is 0.239 e. The van der Waals surface area contributed by atoms with Gasteiger partial charge in [0.15, 0.2) is 0 Å². The van der Waals surface area contributed by atoms with Crippen molar-refractivity contribution in [2.45, 2.75) is 26.8 Å². The van der Waals surface area contributed by atoms with Gasteiger partial charge in [-0.05, 0) is 6.92 Å². The molecule has 0 aromatic rings. The van der Waals surface area contributed by atoms with Crippen LogP contribution in [0.5, 0.6) is 0 Å². The molecule has 0 aromatic heterocycles. The molecule has 1 fully saturated rings. The number of carbonyl (C=O) groups is 2. The van der Waals surface area contributed by atoms with Crippen molar-refractivity contribution in [3.8, 4) is 0 Å². The average molecular weight is 184 g/mol. The second-order valence-corrected chi connectivity index (χ2v) is 3.84. The fraction of sp³-hybridized carbons (Fsp3) is 0.778. The molecule has 0 radical (unpaired) electrons. The Hall–Kier alpha value is -1.06. The minimum atomic E-state index is -0.0623. The standard InChI is InChI=1S/C9H16N2O2/c1-6(2)9(13)11-4-7(3)10-8(12)5-11/h6-7H,4-5H2,1-3H3,(H,10,12). The molecule has 1 aliphatic heterocycles. The van der Waals surface area contributed by atoms with Crippen LogP contribution in [-0.2, 0) is 9.59 Å². The molecule has 4 heteroatoms. The number of rotatable bonds is 1. The van der Waals surface area contributed by atoms with Crippen LogP contribution < -0.4 is 5.32 Å². The first-order valence-corrected chi connectivity index (χ1v) is 4.59. The van der Waals surface area contributed by atoms with Crippen LogP contribution in [0.3, 0.4) is 0 Å². The maximum atomic E-state index is 11.5. The van der Waals surface area contributed by atoms with Gasteiger partial charge in [-0.15, -0.1) is 0 Å². The van der Waals surface area contributed by atoms with Crippen LogP contribution in [0.1, 0.15) is 20.8 Å². The number of nitrogens with zero attached hydrogens (tertiary/aromatic N) is 1. The van der Waals surface area contributed by atoms with E-state index in [0.29, 0.717) is 6.54 Å². The van der Waals surface area contributed by atoms with E-state index in [1.807, 2.05) is 20.8 Å². The number of carbonyl (C=O) groups excluding carboxylic acids is 2. The van der Waals surface area contributed by atoms with Crippen LogP contribution in [0.25, 0.3) is 0 Å². The highest BCUT2D eigenvalue weighted by Gasteiger charge is 2.26. The lowest BCUT2D eigenvalue weighted by Gasteiger charge is -2.32. The molecular formula is C9H16N2O2. The summed E-state index contributed by atoms with van der Waals surface area (Å²) in [6, 6.07) is 0.0731. The number of hydrogen-bond donors (Lipinski definition) is 1. The summed E-state index contributed by atoms with van der Waals surface area (Å²) in [6.07, 6.45) is 0. The molecule has 4 nitrogen and oxygen atoms in total. The average Bonchev–Trinajstić information content (AvgIpc) is 2.01. The van der Waals surface area contributed by atoms with E-state index >= 15 is 0 Å². The third-order valence-electron chi connectivity index (χ3n) is 2.04. The lowest BCUT2D eigenvalue weighted by Crippen LogP contribution is -2.55. The van der Waals surface area contributed by atoms with E-state index in [9.17, 15) is 9.59 Å². The zero-order valence-corrected chi connectivity index (χ0v) is 8.33. The molecule has 0 spiro atoms. The van der Waals surface area contributed by atoms with Gasteiger partial charge in [-0.2, -0.15) is 0 Å². The highest BCUT2D eigenvalue weighted by atomic mass is 16.2. The quantitative estimate of drug-likeness (QED) is 0.623. The van der Waals surface area contributed by atoms with Crippen LogP contribution in [0.2, 0.25) is 0 Å². The zero-order valence-electron chi connectivity index (χ0n) is 8.33. The number of hydrogen-bond acceptors (Lipinski definition) is 2. The highest BCUT2D eigenvalue weighted by molar-refractivity contribution is 5.86. The third-order valence-corrected chi connectivity index (χ3v) is 2.04. The molecule has 1 atom stereocenters. The summed E-state index contributed by atoms with van der Waals surface area (Å²) >= 11 is 0. The second-order valence-electron chi connectivity index (χ2n) is 3.84. The van der Waals surface area contributed by atoms with E-state index in [2.05, 4.69) is 5.32 Å². The van der Waals surface area contributed by atoms with Crippen molar-refractivity contribution in [1.29, 1.82) is 0 Å². The summed E-state index contributed by atoms with van der Waals surface area (Å²) < 4.78 is 0. The topological polar surface area (TPSA) is 49.4 Å². The van der Waals surface area contributed by atoms with Crippen molar-refractivity contribution in [3.63, 3.8) is 0 Å². The molecule has 1 rings (SSSR count). The molecule has 0 saturated carbocycles. The van der Waals surface area contributed by atoms with Crippen LogP contribution in [-0.4, -0.2) is 35.8 Å². The van der Waals surface area contributed by atoms with Crippen LogP contribution in [0.4, 0.5) is 0 Å². The molecule has 1 N–H and O–H groups in total. The fourth-order valence-electron chi connectivity index (χ4n) is 1.47. The Morgan fingerprint density at radius 2 is 2.23 bits per heavy atom. The Balaban J connectivity index is 2.60. The van der Waals surface area contributed by atoms with Gasteiger partial charge in [-0.3, -0.25) is 9.59 Å². The van der Waals surface area contributed by atoms with Gasteiger partial charge in [0.05, 0.1) is 6.54 Å². The van der Waals surface area contributed by atoms with E-state index in [4.69, 9.17) is 0 Å². The summed E-state index contributed by atoms with van der Waals surface area (Å²) in [5, 5.41) is 2.77. The molecule has 1 heterocycles. The largest absolute Gasteiger partial charge is 0.350 e. The third kappa shape index (κ3) is 2.44. The molecule has 1 saturated heterocycles. The van der Waals surface area contributed by atoms with Crippen LogP contribution >= 0.6 is 0 Å². The van der Waals surface area contributed by atoms with Gasteiger partial charge in [0.25, 0.3) is 0 Å². The predicted octanol–water partition coefficient (Wildman–Crippen LogP) is -0.0107. The van der Waals surface area contributed by atoms with Crippen molar-refractivity contribution in [1.82, 2.24) is 10.2 Å². The molecule has 1 unspecified atom stereocenters. The Morgan fingerprint density at radius 3 is 2.69 bits per heavy atom. The summed E-state index contributed by atoms with van der Waals surface area (Å²) in [5.74, 6) is -0.0347. The van der Waals surface area contributed by atoms with Gasteiger partial charge in [0.1, 0.15) is 0 Å². The molecule has 0 aliphatic carbocycles. The van der Waals surface area contributed by atoms with Crippen molar-refractivity contribution < 1.29 is 9.59 Å². The summed E-state index contributed by atoms with van der Waals surface area (Å²) in [5.41, 5.74) is 0. The minimum absolute atomic E-state index is 0.0295. The molecule has 13 heavy (non-hydrogen) atoms. The number of nitrogens with one attached hydrogen (secondary N) is 1. The van der Waals surface area contributed by atoms with Crippen molar-refractivity contribution in [2.24, 2.45) is 5.92 Å². The molecule has 1 aliphatic rings. The van der Waals surface area contributed by atoms with E-state index in [1.165, 1.54) is 0 Å². The predicted molar refractivity (Wildman–Crippen MR) is 49.0 cm³/mol. The summed E-state index contributed by atoms with van der Waals surface area (Å²) in [7, 11) is 0. The Morgan fingerprint density at radius 1 is 1.62 bits per heavy atom. The van der Waals surface area contributed by atoms with Crippen LogP contribution in [0, 0.1) is 5.92 Å². The first kappa shape index (κ1) is 10.0. The zero-order chi connectivity index (χ0) is 10.0. The Kier molecular flexibility index (Phi) is 2.90. The van der Waals surface area contributed by atoms with Gasteiger partial charge < -0.3 is 10.2 Å². The fourth-order valence-corrected chi connectivity index (χ4v) is 1.47. The van der Waals surface area contributed by atoms with E-state index in [0.717, 1.165) is 0 Å². The SMILES string of the molecule is CC1CN(C(=O)C(C)C)CC(=O)N1. The number of piperazine rings is 1. The molecule has 0 bridgehead atoms. The van der Waals surface area contributed by atoms with E-state index < -0.39 is 0 Å². The molecule has 74 valence electrons. The Labute approximate surface area is 78.3 Å². The highest BCUT2D eigenvalue weighted by Crippen LogP contribution is 2.05. The minimum Gasteiger partial charge on any atom is -0.350 e. The van der Waals surface area contributed by atoms with Crippen LogP contribution in [0.15, 0.2) is 0 Å². The van der Waals surface area contributed by atoms with E-state index in [1.54, 1.807) is 4.90 Å². The lowest BCUT2D eigenvalue weighted by molar-refractivity contribution is -0.141. The van der Waals surface area contributed by atoms with Gasteiger partial charge >= 0.3 is 0 Å². The maximum absolute atomic E-state index is 11.5. The van der Waals surface area contributed by atoms with Crippen molar-refractivity contribution >= 4 is 11.8 Å². The first-order valence-electron chi connectivity index (χ1n) is 4.59. The lowest BCUT2D eigenvalue weighted by atomic mass is 10.1. The van der Waals surface area contributed by atoms with Gasteiger partial charge in [0.2, 0.25) is 11.8 Å². The van der Waals surface area contributed by atoms with E-state index in [-0.39, 0.29) is 30.3 Å². The van der Waals surface area contributed by atoms with Gasteiger partial charge in [-0.1, -0.05) is 13.8 Å².